The Morgan fingerprint density at radius 3 is 2.38 bits per heavy atom. The number of likely N-dealkylation sites (N-methyl/N-ethyl adjacent to an activating group) is 1. The summed E-state index contributed by atoms with van der Waals surface area (Å²) in [6, 6.07) is 0. The molecule has 0 saturated carbocycles. The van der Waals surface area contributed by atoms with Crippen LogP contribution in [0.4, 0.5) is 0 Å². The average Bonchev–Trinajstić information content (AvgIpc) is 2.28. The fraction of sp³-hybridized carbons (Fsp3) is 0.636. The van der Waals surface area contributed by atoms with Crippen LogP contribution < -0.4 is 5.73 Å². The van der Waals surface area contributed by atoms with Crippen molar-refractivity contribution >= 4 is 11.8 Å². The maximum Gasteiger partial charge on any atom is 0.272 e. The Labute approximate surface area is 96.1 Å². The normalized spacial score (nSPS) is 19.2. The van der Waals surface area contributed by atoms with E-state index in [1.54, 1.807) is 4.90 Å². The molecule has 0 radical (unpaired) electrons. The number of quaternary nitrogens is 1. The van der Waals surface area contributed by atoms with Crippen LogP contribution in [0, 0.1) is 0 Å². The van der Waals surface area contributed by atoms with Crippen molar-refractivity contribution in [2.24, 2.45) is 5.73 Å². The molecule has 1 aliphatic heterocycles. The van der Waals surface area contributed by atoms with E-state index in [1.165, 1.54) is 6.08 Å². The third kappa shape index (κ3) is 2.82. The maximum atomic E-state index is 11.4. The van der Waals surface area contributed by atoms with Crippen LogP contribution in [0.1, 0.15) is 6.92 Å². The molecule has 16 heavy (non-hydrogen) atoms. The first-order valence-electron chi connectivity index (χ1n) is 5.58. The van der Waals surface area contributed by atoms with Crippen molar-refractivity contribution in [3.05, 3.63) is 12.7 Å². The number of rotatable bonds is 4. The molecule has 1 aliphatic rings. The number of piperazine rings is 1. The summed E-state index contributed by atoms with van der Waals surface area (Å²) >= 11 is 0. The first kappa shape index (κ1) is 12.7. The lowest BCUT2D eigenvalue weighted by Crippen LogP contribution is -2.62. The molecule has 1 heterocycles. The minimum Gasteiger partial charge on any atom is -0.365 e. The first-order chi connectivity index (χ1) is 7.53. The van der Waals surface area contributed by atoms with Gasteiger partial charge in [-0.1, -0.05) is 6.58 Å². The highest BCUT2D eigenvalue weighted by atomic mass is 16.2. The van der Waals surface area contributed by atoms with Crippen LogP contribution in [0.5, 0.6) is 0 Å². The van der Waals surface area contributed by atoms with E-state index in [2.05, 4.69) is 6.58 Å². The SMILES string of the molecule is C=CC(=O)N1CC[N+](CC)(CC(N)=O)CC1. The average molecular weight is 226 g/mol. The summed E-state index contributed by atoms with van der Waals surface area (Å²) in [4.78, 5) is 24.2. The number of hydrogen-bond acceptors (Lipinski definition) is 2. The summed E-state index contributed by atoms with van der Waals surface area (Å²) in [7, 11) is 0. The van der Waals surface area contributed by atoms with Crippen LogP contribution in [0.15, 0.2) is 12.7 Å². The van der Waals surface area contributed by atoms with Crippen LogP contribution in [0.25, 0.3) is 0 Å². The molecule has 5 nitrogen and oxygen atoms in total. The number of nitrogens with zero attached hydrogens (tertiary/aromatic N) is 2. The van der Waals surface area contributed by atoms with E-state index in [1.807, 2.05) is 6.92 Å². The zero-order valence-corrected chi connectivity index (χ0v) is 9.82. The van der Waals surface area contributed by atoms with Crippen LogP contribution in [0.3, 0.4) is 0 Å². The van der Waals surface area contributed by atoms with E-state index in [9.17, 15) is 9.59 Å². The lowest BCUT2D eigenvalue weighted by atomic mass is 10.2. The molecule has 5 heteroatoms. The maximum absolute atomic E-state index is 11.4. The molecule has 0 spiro atoms. The summed E-state index contributed by atoms with van der Waals surface area (Å²) in [5.74, 6) is -0.307. The van der Waals surface area contributed by atoms with Gasteiger partial charge in [0.2, 0.25) is 5.91 Å². The zero-order chi connectivity index (χ0) is 12.2. The minimum absolute atomic E-state index is 0.0343. The summed E-state index contributed by atoms with van der Waals surface area (Å²) in [5.41, 5.74) is 5.25. The predicted molar refractivity (Wildman–Crippen MR) is 61.4 cm³/mol. The highest BCUT2D eigenvalue weighted by Crippen LogP contribution is 2.12. The molecule has 2 N–H and O–H groups in total. The van der Waals surface area contributed by atoms with Crippen molar-refractivity contribution in [3.8, 4) is 0 Å². The summed E-state index contributed by atoms with van der Waals surface area (Å²) in [6.45, 7) is 9.69. The van der Waals surface area contributed by atoms with Gasteiger partial charge in [0.25, 0.3) is 5.91 Å². The zero-order valence-electron chi connectivity index (χ0n) is 9.82. The second-order valence-electron chi connectivity index (χ2n) is 4.26. The summed E-state index contributed by atoms with van der Waals surface area (Å²) in [6.07, 6.45) is 1.33. The van der Waals surface area contributed by atoms with E-state index in [0.29, 0.717) is 24.1 Å². The Balaban J connectivity index is 2.59. The third-order valence-corrected chi connectivity index (χ3v) is 3.34. The molecular formula is C11H20N3O2+. The van der Waals surface area contributed by atoms with Gasteiger partial charge >= 0.3 is 0 Å². The Morgan fingerprint density at radius 2 is 2.00 bits per heavy atom. The molecule has 0 aromatic rings. The third-order valence-electron chi connectivity index (χ3n) is 3.34. The number of carbonyl (C=O) groups excluding carboxylic acids is 2. The van der Waals surface area contributed by atoms with E-state index in [0.717, 1.165) is 19.6 Å². The molecule has 0 aromatic carbocycles. The highest BCUT2D eigenvalue weighted by Gasteiger charge is 2.33. The molecule has 0 unspecified atom stereocenters. The van der Waals surface area contributed by atoms with Gasteiger partial charge in [0.15, 0.2) is 6.54 Å². The number of primary amides is 1. The van der Waals surface area contributed by atoms with Crippen molar-refractivity contribution in [1.82, 2.24) is 4.90 Å². The van der Waals surface area contributed by atoms with Crippen molar-refractivity contribution in [2.75, 3.05) is 39.3 Å². The van der Waals surface area contributed by atoms with E-state index in [-0.39, 0.29) is 11.8 Å². The van der Waals surface area contributed by atoms with Gasteiger partial charge in [-0.05, 0) is 13.0 Å². The molecule has 90 valence electrons. The van der Waals surface area contributed by atoms with Crippen LogP contribution >= 0.6 is 0 Å². The molecule has 1 rings (SSSR count). The van der Waals surface area contributed by atoms with Gasteiger partial charge in [0, 0.05) is 0 Å². The van der Waals surface area contributed by atoms with Crippen molar-refractivity contribution < 1.29 is 14.1 Å². The van der Waals surface area contributed by atoms with Gasteiger partial charge in [0.05, 0.1) is 32.7 Å². The number of hydrogen-bond donors (Lipinski definition) is 1. The summed E-state index contributed by atoms with van der Waals surface area (Å²) in [5, 5.41) is 0. The quantitative estimate of drug-likeness (QED) is 0.511. The Hall–Kier alpha value is -1.36. The number of nitrogens with two attached hydrogens (primary N) is 1. The lowest BCUT2D eigenvalue weighted by molar-refractivity contribution is -0.922. The van der Waals surface area contributed by atoms with Crippen LogP contribution in [-0.4, -0.2) is 60.5 Å². The van der Waals surface area contributed by atoms with Gasteiger partial charge in [-0.3, -0.25) is 9.59 Å². The summed E-state index contributed by atoms with van der Waals surface area (Å²) < 4.78 is 0.691. The van der Waals surface area contributed by atoms with Crippen molar-refractivity contribution in [1.29, 1.82) is 0 Å². The molecule has 0 aromatic heterocycles. The van der Waals surface area contributed by atoms with E-state index in [4.69, 9.17) is 5.73 Å². The topological polar surface area (TPSA) is 63.4 Å². The Bertz CT molecular complexity index is 294. The second-order valence-corrected chi connectivity index (χ2v) is 4.26. The highest BCUT2D eigenvalue weighted by molar-refractivity contribution is 5.87. The molecule has 0 aliphatic carbocycles. The van der Waals surface area contributed by atoms with Crippen LogP contribution in [0.2, 0.25) is 0 Å². The van der Waals surface area contributed by atoms with Crippen molar-refractivity contribution in [3.63, 3.8) is 0 Å². The van der Waals surface area contributed by atoms with Crippen molar-refractivity contribution in [2.45, 2.75) is 6.92 Å². The second kappa shape index (κ2) is 5.12. The standard InChI is InChI=1S/C11H19N3O2/c1-3-11(16)13-5-7-14(4-2,8-6-13)9-10(12)15/h3H,1,4-9H2,2H3,(H-,12,15)/p+1. The molecule has 1 saturated heterocycles. The smallest absolute Gasteiger partial charge is 0.272 e. The fourth-order valence-corrected chi connectivity index (χ4v) is 2.16. The molecule has 0 bridgehead atoms. The monoisotopic (exact) mass is 226 g/mol. The molecule has 1 fully saturated rings. The van der Waals surface area contributed by atoms with E-state index < -0.39 is 0 Å². The fourth-order valence-electron chi connectivity index (χ4n) is 2.16. The Kier molecular flexibility index (Phi) is 4.06. The number of amides is 2. The van der Waals surface area contributed by atoms with Gasteiger partial charge < -0.3 is 15.1 Å². The minimum atomic E-state index is -0.273. The van der Waals surface area contributed by atoms with E-state index >= 15 is 0 Å². The Morgan fingerprint density at radius 1 is 1.44 bits per heavy atom. The van der Waals surface area contributed by atoms with Gasteiger partial charge in [-0.25, -0.2) is 0 Å². The van der Waals surface area contributed by atoms with Gasteiger partial charge in [-0.2, -0.15) is 0 Å². The first-order valence-corrected chi connectivity index (χ1v) is 5.58. The van der Waals surface area contributed by atoms with Gasteiger partial charge in [0.1, 0.15) is 0 Å². The predicted octanol–water partition coefficient (Wildman–Crippen LogP) is -0.663. The lowest BCUT2D eigenvalue weighted by Gasteiger charge is -2.43. The largest absolute Gasteiger partial charge is 0.365 e. The molecule has 2 amide bonds. The van der Waals surface area contributed by atoms with Crippen LogP contribution in [-0.2, 0) is 9.59 Å². The molecule has 0 atom stereocenters. The molecular weight excluding hydrogens is 206 g/mol. The van der Waals surface area contributed by atoms with Gasteiger partial charge in [-0.15, -0.1) is 0 Å². The number of carbonyl (C=O) groups is 2.